The molecule has 0 aliphatic heterocycles. The second kappa shape index (κ2) is 4.71. The number of benzene rings is 1. The number of hydrogen-bond acceptors (Lipinski definition) is 4. The molecule has 0 unspecified atom stereocenters. The molecule has 5 nitrogen and oxygen atoms in total. The summed E-state index contributed by atoms with van der Waals surface area (Å²) in [5.41, 5.74) is 5.73. The van der Waals surface area contributed by atoms with Gasteiger partial charge in [0, 0.05) is 0 Å². The topological polar surface area (TPSA) is 95.4 Å². The summed E-state index contributed by atoms with van der Waals surface area (Å²) in [5, 5.41) is 5.02. The van der Waals surface area contributed by atoms with Crippen molar-refractivity contribution < 1.29 is 13.2 Å². The predicted octanol–water partition coefficient (Wildman–Crippen LogP) is 0.951. The third-order valence-corrected chi connectivity index (χ3v) is 2.87. The summed E-state index contributed by atoms with van der Waals surface area (Å²) < 4.78 is 27.8. The normalized spacial score (nSPS) is 11.8. The Balaban J connectivity index is 3.05. The van der Waals surface area contributed by atoms with E-state index in [1.54, 1.807) is 12.1 Å². The van der Waals surface area contributed by atoms with Gasteiger partial charge in [0.05, 0.1) is 12.3 Å². The van der Waals surface area contributed by atoms with Crippen molar-refractivity contribution in [3.05, 3.63) is 18.2 Å². The average molecular weight is 244 g/mol. The molecular formula is C10H16N2O3S. The SMILES string of the molecule is CC(C)COc1cccc(S(N)(=O)=O)c1N. The molecule has 0 heterocycles. The predicted molar refractivity (Wildman–Crippen MR) is 62.6 cm³/mol. The largest absolute Gasteiger partial charge is 0.491 e. The fourth-order valence-electron chi connectivity index (χ4n) is 1.15. The van der Waals surface area contributed by atoms with Gasteiger partial charge in [0.25, 0.3) is 0 Å². The molecule has 6 heteroatoms. The quantitative estimate of drug-likeness (QED) is 0.771. The average Bonchev–Trinajstić information content (AvgIpc) is 2.14. The van der Waals surface area contributed by atoms with Crippen LogP contribution in [0, 0.1) is 5.92 Å². The van der Waals surface area contributed by atoms with Gasteiger partial charge >= 0.3 is 0 Å². The lowest BCUT2D eigenvalue weighted by molar-refractivity contribution is 0.272. The van der Waals surface area contributed by atoms with Crippen molar-refractivity contribution in [2.24, 2.45) is 11.1 Å². The maximum atomic E-state index is 11.2. The first-order chi connectivity index (χ1) is 7.32. The summed E-state index contributed by atoms with van der Waals surface area (Å²) in [6.45, 7) is 4.44. The van der Waals surface area contributed by atoms with Gasteiger partial charge in [-0.2, -0.15) is 0 Å². The molecule has 0 saturated carbocycles. The van der Waals surface area contributed by atoms with Gasteiger partial charge in [0.2, 0.25) is 10.0 Å². The Morgan fingerprint density at radius 3 is 2.50 bits per heavy atom. The minimum atomic E-state index is -3.80. The van der Waals surface area contributed by atoms with Crippen LogP contribution in [0.15, 0.2) is 23.1 Å². The van der Waals surface area contributed by atoms with Crippen molar-refractivity contribution in [2.75, 3.05) is 12.3 Å². The fourth-order valence-corrected chi connectivity index (χ4v) is 1.83. The van der Waals surface area contributed by atoms with E-state index in [1.807, 2.05) is 13.8 Å². The van der Waals surface area contributed by atoms with Crippen LogP contribution in [0.2, 0.25) is 0 Å². The van der Waals surface area contributed by atoms with Crippen LogP contribution in [0.4, 0.5) is 5.69 Å². The summed E-state index contributed by atoms with van der Waals surface area (Å²) in [7, 11) is -3.80. The van der Waals surface area contributed by atoms with Gasteiger partial charge in [0.1, 0.15) is 10.6 Å². The van der Waals surface area contributed by atoms with Crippen LogP contribution in [0.5, 0.6) is 5.75 Å². The molecule has 0 aliphatic rings. The monoisotopic (exact) mass is 244 g/mol. The number of rotatable bonds is 4. The second-order valence-electron chi connectivity index (χ2n) is 3.92. The van der Waals surface area contributed by atoms with Crippen molar-refractivity contribution in [3.63, 3.8) is 0 Å². The molecule has 0 aliphatic carbocycles. The third-order valence-electron chi connectivity index (χ3n) is 1.90. The van der Waals surface area contributed by atoms with E-state index in [0.29, 0.717) is 18.3 Å². The maximum Gasteiger partial charge on any atom is 0.240 e. The Kier molecular flexibility index (Phi) is 3.77. The van der Waals surface area contributed by atoms with E-state index < -0.39 is 10.0 Å². The summed E-state index contributed by atoms with van der Waals surface area (Å²) in [4.78, 5) is -0.103. The second-order valence-corrected chi connectivity index (χ2v) is 5.45. The number of hydrogen-bond donors (Lipinski definition) is 2. The van der Waals surface area contributed by atoms with Crippen LogP contribution in [0.1, 0.15) is 13.8 Å². The van der Waals surface area contributed by atoms with E-state index in [0.717, 1.165) is 0 Å². The highest BCUT2D eigenvalue weighted by molar-refractivity contribution is 7.89. The summed E-state index contributed by atoms with van der Waals surface area (Å²) in [6, 6.07) is 4.52. The van der Waals surface area contributed by atoms with Gasteiger partial charge in [-0.1, -0.05) is 19.9 Å². The molecule has 16 heavy (non-hydrogen) atoms. The lowest BCUT2D eigenvalue weighted by Crippen LogP contribution is -2.15. The Morgan fingerprint density at radius 1 is 1.38 bits per heavy atom. The number of para-hydroxylation sites is 1. The number of ether oxygens (including phenoxy) is 1. The van der Waals surface area contributed by atoms with Crippen molar-refractivity contribution >= 4 is 15.7 Å². The number of anilines is 1. The van der Waals surface area contributed by atoms with Gasteiger partial charge in [-0.25, -0.2) is 13.6 Å². The van der Waals surface area contributed by atoms with Gasteiger partial charge in [0.15, 0.2) is 0 Å². The molecule has 4 N–H and O–H groups in total. The van der Waals surface area contributed by atoms with Crippen LogP contribution >= 0.6 is 0 Å². The Labute approximate surface area is 95.4 Å². The molecule has 0 atom stereocenters. The van der Waals surface area contributed by atoms with E-state index in [9.17, 15) is 8.42 Å². The molecule has 1 rings (SSSR count). The van der Waals surface area contributed by atoms with E-state index in [2.05, 4.69) is 0 Å². The van der Waals surface area contributed by atoms with Crippen LogP contribution in [-0.2, 0) is 10.0 Å². The molecule has 0 radical (unpaired) electrons. The zero-order valence-electron chi connectivity index (χ0n) is 9.30. The molecule has 0 aromatic heterocycles. The van der Waals surface area contributed by atoms with Gasteiger partial charge in [-0.15, -0.1) is 0 Å². The molecule has 0 bridgehead atoms. The molecular weight excluding hydrogens is 228 g/mol. The van der Waals surface area contributed by atoms with Crippen LogP contribution in [0.25, 0.3) is 0 Å². The van der Waals surface area contributed by atoms with E-state index in [4.69, 9.17) is 15.6 Å². The summed E-state index contributed by atoms with van der Waals surface area (Å²) in [6.07, 6.45) is 0. The van der Waals surface area contributed by atoms with Crippen LogP contribution in [0.3, 0.4) is 0 Å². The van der Waals surface area contributed by atoms with Crippen molar-refractivity contribution in [3.8, 4) is 5.75 Å². The highest BCUT2D eigenvalue weighted by atomic mass is 32.2. The molecule has 1 aromatic rings. The van der Waals surface area contributed by atoms with Crippen molar-refractivity contribution in [1.29, 1.82) is 0 Å². The first-order valence-corrected chi connectivity index (χ1v) is 6.41. The molecule has 0 amide bonds. The lowest BCUT2D eigenvalue weighted by atomic mass is 10.2. The standard InChI is InChI=1S/C10H16N2O3S/c1-7(2)6-15-8-4-3-5-9(10(8)11)16(12,13)14/h3-5,7H,6,11H2,1-2H3,(H2,12,13,14). The number of nitrogens with two attached hydrogens (primary N) is 2. The number of primary sulfonamides is 1. The molecule has 0 spiro atoms. The van der Waals surface area contributed by atoms with Crippen LogP contribution in [-0.4, -0.2) is 15.0 Å². The number of nitrogen functional groups attached to an aromatic ring is 1. The molecule has 0 fully saturated rings. The highest BCUT2D eigenvalue weighted by Gasteiger charge is 2.15. The number of sulfonamides is 1. The van der Waals surface area contributed by atoms with Gasteiger partial charge in [-0.3, -0.25) is 0 Å². The zero-order chi connectivity index (χ0) is 12.3. The third kappa shape index (κ3) is 3.11. The molecule has 1 aromatic carbocycles. The van der Waals surface area contributed by atoms with Gasteiger partial charge in [-0.05, 0) is 18.1 Å². The minimum absolute atomic E-state index is 0.0608. The Hall–Kier alpha value is -1.27. The smallest absolute Gasteiger partial charge is 0.240 e. The highest BCUT2D eigenvalue weighted by Crippen LogP contribution is 2.28. The minimum Gasteiger partial charge on any atom is -0.491 e. The van der Waals surface area contributed by atoms with Crippen molar-refractivity contribution in [1.82, 2.24) is 0 Å². The Morgan fingerprint density at radius 2 is 2.00 bits per heavy atom. The maximum absolute atomic E-state index is 11.2. The summed E-state index contributed by atoms with van der Waals surface area (Å²) >= 11 is 0. The van der Waals surface area contributed by atoms with Gasteiger partial charge < -0.3 is 10.5 Å². The molecule has 0 saturated heterocycles. The Bertz CT molecular complexity index is 469. The van der Waals surface area contributed by atoms with Crippen LogP contribution < -0.4 is 15.6 Å². The first kappa shape index (κ1) is 12.8. The molecule has 90 valence electrons. The summed E-state index contributed by atoms with van der Waals surface area (Å²) in [5.74, 6) is 0.678. The lowest BCUT2D eigenvalue weighted by Gasteiger charge is -2.12. The van der Waals surface area contributed by atoms with Crippen molar-refractivity contribution in [2.45, 2.75) is 18.7 Å². The van der Waals surface area contributed by atoms with E-state index in [-0.39, 0.29) is 10.6 Å². The zero-order valence-corrected chi connectivity index (χ0v) is 10.1. The van der Waals surface area contributed by atoms with E-state index in [1.165, 1.54) is 6.07 Å². The fraction of sp³-hybridized carbons (Fsp3) is 0.400. The van der Waals surface area contributed by atoms with E-state index >= 15 is 0 Å². The first-order valence-electron chi connectivity index (χ1n) is 4.86.